The van der Waals surface area contributed by atoms with E-state index in [-0.39, 0.29) is 21.8 Å². The van der Waals surface area contributed by atoms with E-state index in [4.69, 9.17) is 0 Å². The molecule has 0 aliphatic carbocycles. The van der Waals surface area contributed by atoms with Crippen LogP contribution in [0.4, 0.5) is 0 Å². The van der Waals surface area contributed by atoms with Crippen LogP contribution in [0.3, 0.4) is 0 Å². The van der Waals surface area contributed by atoms with Crippen molar-refractivity contribution in [3.63, 3.8) is 0 Å². The van der Waals surface area contributed by atoms with E-state index in [0.717, 1.165) is 4.31 Å². The van der Waals surface area contributed by atoms with Crippen LogP contribution in [-0.4, -0.2) is 43.7 Å². The number of carbonyl (C=O) groups is 2. The second kappa shape index (κ2) is 7.85. The molecule has 26 heavy (non-hydrogen) atoms. The lowest BCUT2D eigenvalue weighted by Crippen LogP contribution is -2.41. The maximum Gasteiger partial charge on any atom is 0.273 e. The number of halogens is 1. The van der Waals surface area contributed by atoms with Crippen molar-refractivity contribution in [2.24, 2.45) is 0 Å². The van der Waals surface area contributed by atoms with E-state index in [1.165, 1.54) is 50.5 Å². The largest absolute Gasteiger partial charge is 0.507 e. The van der Waals surface area contributed by atoms with Gasteiger partial charge in [-0.15, -0.1) is 0 Å². The lowest BCUT2D eigenvalue weighted by atomic mass is 10.2. The molecule has 138 valence electrons. The summed E-state index contributed by atoms with van der Waals surface area (Å²) < 4.78 is 25.8. The van der Waals surface area contributed by atoms with Crippen molar-refractivity contribution >= 4 is 37.8 Å². The minimum atomic E-state index is -3.69. The number of nitrogens with zero attached hydrogens (tertiary/aromatic N) is 1. The van der Waals surface area contributed by atoms with Crippen molar-refractivity contribution in [1.29, 1.82) is 0 Å². The fourth-order valence-electron chi connectivity index (χ4n) is 1.95. The number of sulfonamides is 1. The van der Waals surface area contributed by atoms with Gasteiger partial charge in [0.1, 0.15) is 5.75 Å². The molecular formula is C16H16BrN3O5S. The zero-order chi connectivity index (χ0) is 19.5. The number of phenolic OH excluding ortho intramolecular Hbond substituents is 1. The molecule has 0 radical (unpaired) electrons. The van der Waals surface area contributed by atoms with E-state index in [1.54, 1.807) is 6.07 Å². The molecule has 8 nitrogen and oxygen atoms in total. The highest BCUT2D eigenvalue weighted by molar-refractivity contribution is 9.10. The van der Waals surface area contributed by atoms with Gasteiger partial charge in [-0.1, -0.05) is 22.0 Å². The van der Waals surface area contributed by atoms with Crippen molar-refractivity contribution in [3.05, 3.63) is 58.1 Å². The Balaban J connectivity index is 2.14. The van der Waals surface area contributed by atoms with E-state index < -0.39 is 21.8 Å². The van der Waals surface area contributed by atoms with Crippen molar-refractivity contribution in [1.82, 2.24) is 15.2 Å². The van der Waals surface area contributed by atoms with E-state index in [1.807, 2.05) is 0 Å². The van der Waals surface area contributed by atoms with Crippen LogP contribution in [0.1, 0.15) is 20.7 Å². The van der Waals surface area contributed by atoms with Crippen LogP contribution in [0.2, 0.25) is 0 Å². The topological polar surface area (TPSA) is 116 Å². The molecule has 3 N–H and O–H groups in total. The molecule has 0 aliphatic rings. The number of hydrogen-bond acceptors (Lipinski definition) is 5. The molecule has 2 aromatic rings. The standard InChI is InChI=1S/C16H16BrN3O5S/c1-20(2)26(24,25)12-5-3-4-10(8-12)15(22)18-19-16(23)13-9-11(17)6-7-14(13)21/h3-9,21H,1-2H3,(H,18,22)(H,19,23). The maximum atomic E-state index is 12.2. The van der Waals surface area contributed by atoms with Crippen LogP contribution in [0.5, 0.6) is 5.75 Å². The Morgan fingerprint density at radius 3 is 2.35 bits per heavy atom. The lowest BCUT2D eigenvalue weighted by Gasteiger charge is -2.12. The maximum absolute atomic E-state index is 12.2. The summed E-state index contributed by atoms with van der Waals surface area (Å²) in [6.07, 6.45) is 0. The minimum absolute atomic E-state index is 0.0383. The van der Waals surface area contributed by atoms with Gasteiger partial charge in [0.15, 0.2) is 0 Å². The Labute approximate surface area is 159 Å². The van der Waals surface area contributed by atoms with Gasteiger partial charge in [0, 0.05) is 24.1 Å². The average molecular weight is 442 g/mol. The smallest absolute Gasteiger partial charge is 0.273 e. The number of carbonyl (C=O) groups excluding carboxylic acids is 2. The molecule has 0 fully saturated rings. The summed E-state index contributed by atoms with van der Waals surface area (Å²) in [5.41, 5.74) is 4.36. The molecule has 2 amide bonds. The highest BCUT2D eigenvalue weighted by atomic mass is 79.9. The Morgan fingerprint density at radius 1 is 1.04 bits per heavy atom. The molecule has 0 heterocycles. The summed E-state index contributed by atoms with van der Waals surface area (Å²) >= 11 is 3.18. The van der Waals surface area contributed by atoms with Crippen LogP contribution < -0.4 is 10.9 Å². The molecule has 0 unspecified atom stereocenters. The zero-order valence-electron chi connectivity index (χ0n) is 13.9. The lowest BCUT2D eigenvalue weighted by molar-refractivity contribution is 0.0845. The van der Waals surface area contributed by atoms with E-state index in [0.29, 0.717) is 4.47 Å². The Hall–Kier alpha value is -2.43. The number of amides is 2. The average Bonchev–Trinajstić information content (AvgIpc) is 2.61. The van der Waals surface area contributed by atoms with Crippen LogP contribution in [0.25, 0.3) is 0 Å². The molecule has 2 aromatic carbocycles. The first-order chi connectivity index (χ1) is 12.1. The quantitative estimate of drug-likeness (QED) is 0.621. The SMILES string of the molecule is CN(C)S(=O)(=O)c1cccc(C(=O)NNC(=O)c2cc(Br)ccc2O)c1. The number of benzene rings is 2. The summed E-state index contributed by atoms with van der Waals surface area (Å²) in [6.45, 7) is 0. The molecule has 2 rings (SSSR count). The van der Waals surface area contributed by atoms with Gasteiger partial charge < -0.3 is 5.11 Å². The third kappa shape index (κ3) is 4.40. The second-order valence-electron chi connectivity index (χ2n) is 5.38. The van der Waals surface area contributed by atoms with Crippen molar-refractivity contribution in [2.45, 2.75) is 4.90 Å². The third-order valence-electron chi connectivity index (χ3n) is 3.37. The minimum Gasteiger partial charge on any atom is -0.507 e. The molecule has 0 spiro atoms. The Bertz CT molecular complexity index is 960. The van der Waals surface area contributed by atoms with Gasteiger partial charge in [-0.3, -0.25) is 20.4 Å². The number of aromatic hydroxyl groups is 1. The summed E-state index contributed by atoms with van der Waals surface area (Å²) in [7, 11) is -0.926. The number of rotatable bonds is 4. The van der Waals surface area contributed by atoms with Gasteiger partial charge in [-0.2, -0.15) is 0 Å². The first-order valence-electron chi connectivity index (χ1n) is 7.24. The first kappa shape index (κ1) is 19.9. The van der Waals surface area contributed by atoms with Gasteiger partial charge in [-0.25, -0.2) is 12.7 Å². The molecule has 0 aromatic heterocycles. The number of phenols is 1. The van der Waals surface area contributed by atoms with Crippen LogP contribution in [0, 0.1) is 0 Å². The highest BCUT2D eigenvalue weighted by Crippen LogP contribution is 2.21. The number of hydrazine groups is 1. The van der Waals surface area contributed by atoms with Gasteiger partial charge in [-0.05, 0) is 36.4 Å². The van der Waals surface area contributed by atoms with Gasteiger partial charge in [0.2, 0.25) is 10.0 Å². The van der Waals surface area contributed by atoms with E-state index >= 15 is 0 Å². The highest BCUT2D eigenvalue weighted by Gasteiger charge is 2.19. The Morgan fingerprint density at radius 2 is 1.69 bits per heavy atom. The van der Waals surface area contributed by atoms with E-state index in [2.05, 4.69) is 26.8 Å². The van der Waals surface area contributed by atoms with Crippen LogP contribution >= 0.6 is 15.9 Å². The monoisotopic (exact) mass is 441 g/mol. The molecule has 0 atom stereocenters. The normalized spacial score (nSPS) is 11.2. The Kier molecular flexibility index (Phi) is 6.01. The summed E-state index contributed by atoms with van der Waals surface area (Å²) in [5.74, 6) is -1.68. The predicted molar refractivity (Wildman–Crippen MR) is 98.1 cm³/mol. The zero-order valence-corrected chi connectivity index (χ0v) is 16.3. The van der Waals surface area contributed by atoms with Gasteiger partial charge >= 0.3 is 0 Å². The van der Waals surface area contributed by atoms with Crippen LogP contribution in [-0.2, 0) is 10.0 Å². The number of hydrogen-bond donors (Lipinski definition) is 3. The summed E-state index contributed by atoms with van der Waals surface area (Å²) in [6, 6.07) is 9.68. The van der Waals surface area contributed by atoms with Gasteiger partial charge in [0.05, 0.1) is 10.5 Å². The fraction of sp³-hybridized carbons (Fsp3) is 0.125. The fourth-order valence-corrected chi connectivity index (χ4v) is 3.26. The molecular weight excluding hydrogens is 426 g/mol. The molecule has 0 saturated carbocycles. The molecule has 0 saturated heterocycles. The molecule has 0 bridgehead atoms. The predicted octanol–water partition coefficient (Wildman–Crippen LogP) is 1.48. The molecule has 10 heteroatoms. The molecule has 0 aliphatic heterocycles. The third-order valence-corrected chi connectivity index (χ3v) is 5.67. The van der Waals surface area contributed by atoms with Crippen molar-refractivity contribution in [3.8, 4) is 5.75 Å². The summed E-state index contributed by atoms with van der Waals surface area (Å²) in [5, 5.41) is 9.70. The number of nitrogens with one attached hydrogen (secondary N) is 2. The van der Waals surface area contributed by atoms with Crippen LogP contribution in [0.15, 0.2) is 51.8 Å². The van der Waals surface area contributed by atoms with E-state index in [9.17, 15) is 23.1 Å². The van der Waals surface area contributed by atoms with Gasteiger partial charge in [0.25, 0.3) is 11.8 Å². The summed E-state index contributed by atoms with van der Waals surface area (Å²) in [4.78, 5) is 24.2. The van der Waals surface area contributed by atoms with Crippen molar-refractivity contribution < 1.29 is 23.1 Å². The first-order valence-corrected chi connectivity index (χ1v) is 9.48. The second-order valence-corrected chi connectivity index (χ2v) is 8.45. The van der Waals surface area contributed by atoms with Crippen molar-refractivity contribution in [2.75, 3.05) is 14.1 Å².